The van der Waals surface area contributed by atoms with Gasteiger partial charge in [0, 0.05) is 19.4 Å². The van der Waals surface area contributed by atoms with Crippen molar-refractivity contribution in [1.29, 1.82) is 0 Å². The number of aliphatic imine (C=N–C) groups is 1. The van der Waals surface area contributed by atoms with Crippen molar-refractivity contribution in [3.05, 3.63) is 29.9 Å². The van der Waals surface area contributed by atoms with Crippen LogP contribution < -0.4 is 16.4 Å². The Kier molecular flexibility index (Phi) is 3.44. The zero-order valence-electron chi connectivity index (χ0n) is 8.08. The fourth-order valence-electron chi connectivity index (χ4n) is 0.802. The summed E-state index contributed by atoms with van der Waals surface area (Å²) in [6.07, 6.45) is 2.76. The molecule has 1 heterocycles. The summed E-state index contributed by atoms with van der Waals surface area (Å²) in [4.78, 5) is 18.0. The molecule has 1 aromatic rings. The summed E-state index contributed by atoms with van der Waals surface area (Å²) in [7, 11) is 1.44. The van der Waals surface area contributed by atoms with E-state index in [-0.39, 0.29) is 5.96 Å². The Morgan fingerprint density at radius 2 is 2.13 bits per heavy atom. The van der Waals surface area contributed by atoms with Gasteiger partial charge in [0.15, 0.2) is 0 Å². The van der Waals surface area contributed by atoms with E-state index in [1.54, 1.807) is 0 Å². The second kappa shape index (κ2) is 4.80. The van der Waals surface area contributed by atoms with Crippen LogP contribution in [-0.4, -0.2) is 29.0 Å². The summed E-state index contributed by atoms with van der Waals surface area (Å²) in [6.45, 7) is 0. The molecule has 7 heteroatoms. The Morgan fingerprint density at radius 1 is 1.53 bits per heavy atom. The third-order valence-electron chi connectivity index (χ3n) is 1.47. The summed E-state index contributed by atoms with van der Waals surface area (Å²) in [5, 5.41) is 11.7. The van der Waals surface area contributed by atoms with Crippen LogP contribution in [0.2, 0.25) is 0 Å². The molecular weight excluding hydrogens is 198 g/mol. The number of hydrogen-bond donors (Lipinski definition) is 3. The van der Waals surface area contributed by atoms with Crippen molar-refractivity contribution in [3.63, 3.8) is 0 Å². The quantitative estimate of drug-likeness (QED) is 0.298. The monoisotopic (exact) mass is 209 g/mol. The van der Waals surface area contributed by atoms with Crippen molar-refractivity contribution in [2.45, 2.75) is 0 Å². The van der Waals surface area contributed by atoms with Gasteiger partial charge in [-0.15, -0.1) is 0 Å². The lowest BCUT2D eigenvalue weighted by atomic mass is 10.5. The lowest BCUT2D eigenvalue weighted by Gasteiger charge is -1.94. The first-order chi connectivity index (χ1) is 7.11. The van der Waals surface area contributed by atoms with Crippen molar-refractivity contribution >= 4 is 12.0 Å². The number of guanidine groups is 1. The van der Waals surface area contributed by atoms with Gasteiger partial charge >= 0.3 is 6.03 Å². The minimum absolute atomic E-state index is 0.148. The Morgan fingerprint density at radius 3 is 2.67 bits per heavy atom. The molecule has 0 aliphatic rings. The normalized spacial score (nSPS) is 10.9. The van der Waals surface area contributed by atoms with Crippen LogP contribution in [0.3, 0.4) is 0 Å². The van der Waals surface area contributed by atoms with Gasteiger partial charge in [-0.2, -0.15) is 4.99 Å². The van der Waals surface area contributed by atoms with E-state index in [0.29, 0.717) is 5.36 Å². The van der Waals surface area contributed by atoms with Crippen molar-refractivity contribution in [3.8, 4) is 0 Å². The van der Waals surface area contributed by atoms with E-state index >= 15 is 0 Å². The number of carbonyl (C=O) groups is 1. The maximum atomic E-state index is 10.8. The van der Waals surface area contributed by atoms with Crippen LogP contribution in [0.4, 0.5) is 4.79 Å². The zero-order valence-corrected chi connectivity index (χ0v) is 8.08. The van der Waals surface area contributed by atoms with Crippen molar-refractivity contribution in [1.82, 2.24) is 10.0 Å². The van der Waals surface area contributed by atoms with E-state index in [4.69, 9.17) is 10.9 Å². The van der Waals surface area contributed by atoms with Gasteiger partial charge in [0.2, 0.25) is 5.96 Å². The average Bonchev–Trinajstić information content (AvgIpc) is 2.21. The van der Waals surface area contributed by atoms with Gasteiger partial charge in [0.1, 0.15) is 0 Å². The number of nitrogens with zero attached hydrogens (tertiary/aromatic N) is 3. The first kappa shape index (κ1) is 10.8. The second-order valence-electron chi connectivity index (χ2n) is 2.57. The number of hydrogen-bond acceptors (Lipinski definition) is 2. The minimum atomic E-state index is -0.565. The molecule has 2 amide bonds. The third kappa shape index (κ3) is 3.51. The zero-order chi connectivity index (χ0) is 11.3. The van der Waals surface area contributed by atoms with Crippen LogP contribution >= 0.6 is 0 Å². The summed E-state index contributed by atoms with van der Waals surface area (Å²) >= 11 is 0. The van der Waals surface area contributed by atoms with E-state index in [1.165, 1.54) is 31.6 Å². The maximum absolute atomic E-state index is 10.8. The molecule has 15 heavy (non-hydrogen) atoms. The van der Waals surface area contributed by atoms with E-state index in [1.807, 2.05) is 0 Å². The van der Waals surface area contributed by atoms with Crippen LogP contribution in [0.5, 0.6) is 0 Å². The number of amides is 2. The van der Waals surface area contributed by atoms with Gasteiger partial charge in [-0.1, -0.05) is 0 Å². The Hall–Kier alpha value is -2.31. The van der Waals surface area contributed by atoms with E-state index in [2.05, 4.69) is 15.3 Å². The first-order valence-electron chi connectivity index (χ1n) is 4.10. The van der Waals surface area contributed by atoms with E-state index in [0.717, 1.165) is 4.73 Å². The summed E-state index contributed by atoms with van der Waals surface area (Å²) in [5.41, 5.74) is 5.37. The highest BCUT2D eigenvalue weighted by molar-refractivity contribution is 5.91. The molecule has 0 aliphatic heterocycles. The molecule has 0 saturated carbocycles. The fraction of sp³-hybridized carbons (Fsp3) is 0.125. The van der Waals surface area contributed by atoms with Gasteiger partial charge in [-0.05, 0) is 12.1 Å². The predicted molar refractivity (Wildman–Crippen MR) is 53.3 cm³/mol. The highest BCUT2D eigenvalue weighted by Crippen LogP contribution is 1.78. The standard InChI is InChI=1S/C8H11N5O2/c1-10-8(14)12-7(9)11-6-2-4-13(15)5-3-6/h2-5,15H,1H3,(H3,9,10,12,14). The number of urea groups is 1. The highest BCUT2D eigenvalue weighted by atomic mass is 16.5. The Bertz CT molecular complexity index is 428. The maximum Gasteiger partial charge on any atom is 0.343 e. The molecule has 0 unspecified atom stereocenters. The van der Waals surface area contributed by atoms with E-state index < -0.39 is 6.03 Å². The Balaban J connectivity index is 2.92. The molecule has 0 saturated heterocycles. The first-order valence-corrected chi connectivity index (χ1v) is 4.10. The molecule has 1 aromatic heterocycles. The fourth-order valence-corrected chi connectivity index (χ4v) is 0.802. The minimum Gasteiger partial charge on any atom is -0.429 e. The molecule has 80 valence electrons. The van der Waals surface area contributed by atoms with Crippen molar-refractivity contribution in [2.24, 2.45) is 15.7 Å². The number of nitrogens with one attached hydrogen (secondary N) is 1. The molecule has 0 aromatic carbocycles. The topological polar surface area (TPSA) is 105 Å². The smallest absolute Gasteiger partial charge is 0.343 e. The lowest BCUT2D eigenvalue weighted by Crippen LogP contribution is -2.21. The molecule has 1 rings (SSSR count). The summed E-state index contributed by atoms with van der Waals surface area (Å²) in [5.74, 6) is -0.148. The number of aromatic nitrogens is 1. The van der Waals surface area contributed by atoms with E-state index in [9.17, 15) is 4.79 Å². The highest BCUT2D eigenvalue weighted by Gasteiger charge is 1.93. The Labute approximate surface area is 85.5 Å². The molecule has 0 bridgehead atoms. The van der Waals surface area contributed by atoms with Crippen LogP contribution in [0.15, 0.2) is 34.5 Å². The largest absolute Gasteiger partial charge is 0.429 e. The van der Waals surface area contributed by atoms with Crippen LogP contribution in [-0.2, 0) is 0 Å². The number of rotatable bonds is 0. The summed E-state index contributed by atoms with van der Waals surface area (Å²) < 4.78 is 0.866. The predicted octanol–water partition coefficient (Wildman–Crippen LogP) is -0.720. The van der Waals surface area contributed by atoms with Gasteiger partial charge in [-0.25, -0.2) is 14.5 Å². The molecule has 0 aliphatic carbocycles. The number of carbonyl (C=O) groups excluding carboxylic acids is 1. The third-order valence-corrected chi connectivity index (χ3v) is 1.47. The molecule has 0 spiro atoms. The second-order valence-corrected chi connectivity index (χ2v) is 2.57. The van der Waals surface area contributed by atoms with Crippen LogP contribution in [0, 0.1) is 0 Å². The molecule has 0 fully saturated rings. The summed E-state index contributed by atoms with van der Waals surface area (Å²) in [6, 6.07) is 2.47. The number of pyridine rings is 1. The molecule has 4 N–H and O–H groups in total. The van der Waals surface area contributed by atoms with Crippen LogP contribution in [0.1, 0.15) is 0 Å². The molecule has 7 nitrogen and oxygen atoms in total. The molecule has 0 atom stereocenters. The molecule has 0 radical (unpaired) electrons. The van der Waals surface area contributed by atoms with Crippen molar-refractivity contribution in [2.75, 3.05) is 7.05 Å². The lowest BCUT2D eigenvalue weighted by molar-refractivity contribution is 0.184. The van der Waals surface area contributed by atoms with Gasteiger partial charge < -0.3 is 16.3 Å². The molecular formula is C8H11N5O2. The van der Waals surface area contributed by atoms with Gasteiger partial charge in [-0.3, -0.25) is 0 Å². The SMILES string of the molecule is CNC(=O)N=C(N)N=c1ccn(O)cc1. The van der Waals surface area contributed by atoms with Gasteiger partial charge in [0.25, 0.3) is 0 Å². The van der Waals surface area contributed by atoms with Crippen LogP contribution in [0.25, 0.3) is 0 Å². The van der Waals surface area contributed by atoms with Crippen molar-refractivity contribution < 1.29 is 10.0 Å². The van der Waals surface area contributed by atoms with Gasteiger partial charge in [0.05, 0.1) is 5.36 Å². The average molecular weight is 209 g/mol. The number of nitrogens with two attached hydrogens (primary N) is 1.